The van der Waals surface area contributed by atoms with E-state index in [1.165, 1.54) is 0 Å². The second kappa shape index (κ2) is 5.30. The van der Waals surface area contributed by atoms with Gasteiger partial charge in [0.25, 0.3) is 0 Å². The summed E-state index contributed by atoms with van der Waals surface area (Å²) in [7, 11) is 0. The van der Waals surface area contributed by atoms with Crippen LogP contribution >= 0.6 is 0 Å². The zero-order chi connectivity index (χ0) is 15.0. The first kappa shape index (κ1) is 13.8. The van der Waals surface area contributed by atoms with Crippen LogP contribution in [0.5, 0.6) is 0 Å². The molecule has 0 aliphatic heterocycles. The van der Waals surface area contributed by atoms with Gasteiger partial charge in [0.15, 0.2) is 0 Å². The molecule has 4 heteroatoms. The molecule has 0 saturated heterocycles. The molecule has 1 unspecified atom stereocenters. The van der Waals surface area contributed by atoms with Crippen molar-refractivity contribution in [3.63, 3.8) is 0 Å². The molecule has 0 aliphatic rings. The zero-order valence-electron chi connectivity index (χ0n) is 12.7. The van der Waals surface area contributed by atoms with E-state index in [9.17, 15) is 0 Å². The second-order valence-corrected chi connectivity index (χ2v) is 5.41. The van der Waals surface area contributed by atoms with Crippen LogP contribution in [0.2, 0.25) is 0 Å². The summed E-state index contributed by atoms with van der Waals surface area (Å²) in [6, 6.07) is 12.2. The zero-order valence-corrected chi connectivity index (χ0v) is 12.7. The Kier molecular flexibility index (Phi) is 3.47. The first-order valence-electron chi connectivity index (χ1n) is 7.25. The molecule has 0 amide bonds. The molecule has 3 aromatic rings. The Bertz CT molecular complexity index is 789. The first-order valence-corrected chi connectivity index (χ1v) is 7.25. The van der Waals surface area contributed by atoms with Gasteiger partial charge in [0.2, 0.25) is 0 Å². The number of benzene rings is 1. The van der Waals surface area contributed by atoms with E-state index in [1.54, 1.807) is 0 Å². The van der Waals surface area contributed by atoms with E-state index in [0.29, 0.717) is 0 Å². The van der Waals surface area contributed by atoms with Crippen LogP contribution in [0.25, 0.3) is 10.9 Å². The predicted octanol–water partition coefficient (Wildman–Crippen LogP) is 3.12. The van der Waals surface area contributed by atoms with E-state index in [2.05, 4.69) is 41.3 Å². The van der Waals surface area contributed by atoms with Gasteiger partial charge in [-0.25, -0.2) is 0 Å². The summed E-state index contributed by atoms with van der Waals surface area (Å²) < 4.78 is 1.97. The van der Waals surface area contributed by atoms with Crippen molar-refractivity contribution in [1.82, 2.24) is 14.8 Å². The van der Waals surface area contributed by atoms with Crippen molar-refractivity contribution in [1.29, 1.82) is 0 Å². The molecule has 0 aliphatic carbocycles. The van der Waals surface area contributed by atoms with Crippen LogP contribution in [0.3, 0.4) is 0 Å². The van der Waals surface area contributed by atoms with Gasteiger partial charge in [0.05, 0.1) is 22.9 Å². The first-order chi connectivity index (χ1) is 10.1. The van der Waals surface area contributed by atoms with Crippen LogP contribution in [-0.4, -0.2) is 14.8 Å². The standard InChI is InChI=1S/C17H20N4/c1-4-21-16(9-12(3)20-21)17(18)14-7-8-15-13(10-14)6-5-11(2)19-15/h5-10,17H,4,18H2,1-3H3. The molecule has 0 spiro atoms. The predicted molar refractivity (Wildman–Crippen MR) is 85.1 cm³/mol. The van der Waals surface area contributed by atoms with Crippen molar-refractivity contribution >= 4 is 10.9 Å². The molecule has 0 radical (unpaired) electrons. The van der Waals surface area contributed by atoms with Crippen molar-refractivity contribution in [2.24, 2.45) is 5.73 Å². The molecule has 108 valence electrons. The lowest BCUT2D eigenvalue weighted by Gasteiger charge is -2.14. The number of nitrogens with zero attached hydrogens (tertiary/aromatic N) is 3. The maximum Gasteiger partial charge on any atom is 0.0723 e. The van der Waals surface area contributed by atoms with Crippen molar-refractivity contribution in [2.75, 3.05) is 0 Å². The highest BCUT2D eigenvalue weighted by molar-refractivity contribution is 5.79. The fraction of sp³-hybridized carbons (Fsp3) is 0.294. The summed E-state index contributed by atoms with van der Waals surface area (Å²) >= 11 is 0. The number of rotatable bonds is 3. The van der Waals surface area contributed by atoms with Crippen LogP contribution in [-0.2, 0) is 6.54 Å². The van der Waals surface area contributed by atoms with E-state index in [1.807, 2.05) is 30.7 Å². The highest BCUT2D eigenvalue weighted by Crippen LogP contribution is 2.24. The number of hydrogen-bond acceptors (Lipinski definition) is 3. The van der Waals surface area contributed by atoms with Gasteiger partial charge >= 0.3 is 0 Å². The van der Waals surface area contributed by atoms with E-state index < -0.39 is 0 Å². The quantitative estimate of drug-likeness (QED) is 0.802. The molecule has 0 bridgehead atoms. The van der Waals surface area contributed by atoms with Gasteiger partial charge in [-0.2, -0.15) is 5.10 Å². The molecular weight excluding hydrogens is 260 g/mol. The largest absolute Gasteiger partial charge is 0.319 e. The topological polar surface area (TPSA) is 56.7 Å². The van der Waals surface area contributed by atoms with Crippen molar-refractivity contribution in [2.45, 2.75) is 33.4 Å². The molecule has 3 rings (SSSR count). The summed E-state index contributed by atoms with van der Waals surface area (Å²) in [6.07, 6.45) is 0. The number of hydrogen-bond donors (Lipinski definition) is 1. The molecular formula is C17H20N4. The van der Waals surface area contributed by atoms with Crippen LogP contribution in [0.15, 0.2) is 36.4 Å². The SMILES string of the molecule is CCn1nc(C)cc1C(N)c1ccc2nc(C)ccc2c1. The number of pyridine rings is 1. The van der Waals surface area contributed by atoms with Gasteiger partial charge in [0, 0.05) is 17.6 Å². The summed E-state index contributed by atoms with van der Waals surface area (Å²) in [5.41, 5.74) is 11.6. The number of fused-ring (bicyclic) bond motifs is 1. The lowest BCUT2D eigenvalue weighted by molar-refractivity contribution is 0.597. The van der Waals surface area contributed by atoms with Crippen LogP contribution in [0.4, 0.5) is 0 Å². The number of aryl methyl sites for hydroxylation is 3. The van der Waals surface area contributed by atoms with Gasteiger partial charge < -0.3 is 5.73 Å². The molecule has 2 aromatic heterocycles. The summed E-state index contributed by atoms with van der Waals surface area (Å²) in [4.78, 5) is 4.53. The maximum atomic E-state index is 6.45. The van der Waals surface area contributed by atoms with Gasteiger partial charge in [-0.3, -0.25) is 9.67 Å². The second-order valence-electron chi connectivity index (χ2n) is 5.41. The maximum absolute atomic E-state index is 6.45. The Morgan fingerprint density at radius 1 is 1.10 bits per heavy atom. The highest BCUT2D eigenvalue weighted by atomic mass is 15.3. The van der Waals surface area contributed by atoms with Crippen molar-refractivity contribution in [3.05, 3.63) is 59.0 Å². The summed E-state index contributed by atoms with van der Waals surface area (Å²) in [6.45, 7) is 6.90. The van der Waals surface area contributed by atoms with Crippen molar-refractivity contribution < 1.29 is 0 Å². The number of nitrogens with two attached hydrogens (primary N) is 1. The third-order valence-electron chi connectivity index (χ3n) is 3.76. The summed E-state index contributed by atoms with van der Waals surface area (Å²) in [5, 5.41) is 5.59. The molecule has 1 aromatic carbocycles. The molecule has 2 heterocycles. The fourth-order valence-corrected chi connectivity index (χ4v) is 2.68. The Morgan fingerprint density at radius 3 is 2.67 bits per heavy atom. The Morgan fingerprint density at radius 2 is 1.90 bits per heavy atom. The minimum atomic E-state index is -0.170. The molecule has 21 heavy (non-hydrogen) atoms. The normalized spacial score (nSPS) is 12.8. The molecule has 0 fully saturated rings. The average Bonchev–Trinajstić information content (AvgIpc) is 2.87. The van der Waals surface area contributed by atoms with Gasteiger partial charge in [-0.15, -0.1) is 0 Å². The smallest absolute Gasteiger partial charge is 0.0723 e. The van der Waals surface area contributed by atoms with Gasteiger partial charge in [-0.1, -0.05) is 12.1 Å². The molecule has 2 N–H and O–H groups in total. The third-order valence-corrected chi connectivity index (χ3v) is 3.76. The van der Waals surface area contributed by atoms with Crippen LogP contribution in [0, 0.1) is 13.8 Å². The van der Waals surface area contributed by atoms with Crippen LogP contribution < -0.4 is 5.73 Å². The number of aromatic nitrogens is 3. The minimum absolute atomic E-state index is 0.170. The molecule has 0 saturated carbocycles. The van der Waals surface area contributed by atoms with E-state index in [4.69, 9.17) is 5.73 Å². The van der Waals surface area contributed by atoms with E-state index in [-0.39, 0.29) is 6.04 Å². The highest BCUT2D eigenvalue weighted by Gasteiger charge is 2.15. The lowest BCUT2D eigenvalue weighted by Crippen LogP contribution is -2.17. The Hall–Kier alpha value is -2.20. The molecule has 4 nitrogen and oxygen atoms in total. The third kappa shape index (κ3) is 2.54. The Labute approximate surface area is 124 Å². The van der Waals surface area contributed by atoms with E-state index in [0.717, 1.165) is 40.1 Å². The van der Waals surface area contributed by atoms with Crippen molar-refractivity contribution in [3.8, 4) is 0 Å². The Balaban J connectivity index is 2.04. The molecule has 1 atom stereocenters. The van der Waals surface area contributed by atoms with Gasteiger partial charge in [-0.05, 0) is 50.6 Å². The van der Waals surface area contributed by atoms with Gasteiger partial charge in [0.1, 0.15) is 0 Å². The fourth-order valence-electron chi connectivity index (χ4n) is 2.68. The summed E-state index contributed by atoms with van der Waals surface area (Å²) in [5.74, 6) is 0. The average molecular weight is 280 g/mol. The van der Waals surface area contributed by atoms with Crippen LogP contribution in [0.1, 0.15) is 35.6 Å². The van der Waals surface area contributed by atoms with E-state index >= 15 is 0 Å². The monoisotopic (exact) mass is 280 g/mol. The lowest BCUT2D eigenvalue weighted by atomic mass is 10.0. The minimum Gasteiger partial charge on any atom is -0.319 e.